The molecule has 2 aromatic rings. The van der Waals surface area contributed by atoms with Crippen molar-refractivity contribution < 1.29 is 22.9 Å². The van der Waals surface area contributed by atoms with Crippen LogP contribution in [-0.2, 0) is 11.0 Å². The van der Waals surface area contributed by atoms with Crippen LogP contribution < -0.4 is 4.90 Å². The second-order valence-electron chi connectivity index (χ2n) is 6.52. The Bertz CT molecular complexity index is 972. The van der Waals surface area contributed by atoms with E-state index in [-0.39, 0.29) is 22.4 Å². The number of alkyl halides is 3. The number of hydrogen-bond donors (Lipinski definition) is 0. The number of nitro groups is 1. The Balaban J connectivity index is 1.58. The van der Waals surface area contributed by atoms with Gasteiger partial charge in [-0.05, 0) is 29.8 Å². The Morgan fingerprint density at radius 1 is 1.17 bits per heavy atom. The predicted molar refractivity (Wildman–Crippen MR) is 105 cm³/mol. The van der Waals surface area contributed by atoms with Crippen LogP contribution in [-0.4, -0.2) is 46.9 Å². The topological polar surface area (TPSA) is 79.6 Å². The molecule has 0 radical (unpaired) electrons. The second-order valence-corrected chi connectivity index (χ2v) is 6.93. The highest BCUT2D eigenvalue weighted by Crippen LogP contribution is 2.33. The highest BCUT2D eigenvalue weighted by Gasteiger charge is 2.32. The molecule has 158 valence electrons. The number of pyridine rings is 1. The highest BCUT2D eigenvalue weighted by molar-refractivity contribution is 6.33. The summed E-state index contributed by atoms with van der Waals surface area (Å²) in [6.07, 6.45) is -0.838. The van der Waals surface area contributed by atoms with Gasteiger partial charge in [-0.25, -0.2) is 4.98 Å². The van der Waals surface area contributed by atoms with Gasteiger partial charge in [-0.15, -0.1) is 0 Å². The first-order valence-corrected chi connectivity index (χ1v) is 9.22. The molecule has 0 aliphatic carbocycles. The summed E-state index contributed by atoms with van der Waals surface area (Å²) in [6, 6.07) is 6.62. The highest BCUT2D eigenvalue weighted by atomic mass is 35.5. The molecule has 1 aliphatic heterocycles. The average Bonchev–Trinajstić information content (AvgIpc) is 2.71. The molecular weight excluding hydrogens is 425 g/mol. The molecule has 0 spiro atoms. The molecule has 0 unspecified atom stereocenters. The van der Waals surface area contributed by atoms with E-state index in [9.17, 15) is 28.1 Å². The Hall–Kier alpha value is -3.14. The predicted octanol–water partition coefficient (Wildman–Crippen LogP) is 4.02. The zero-order chi connectivity index (χ0) is 21.9. The smallest absolute Gasteiger partial charge is 0.352 e. The Kier molecular flexibility index (Phi) is 6.25. The molecule has 0 atom stereocenters. The summed E-state index contributed by atoms with van der Waals surface area (Å²) in [4.78, 5) is 29.7. The third kappa shape index (κ3) is 5.07. The lowest BCUT2D eigenvalue weighted by atomic mass is 10.2. The number of anilines is 1. The standard InChI is InChI=1S/C19H16ClF3N4O3/c20-16-11-14(19(21,22)23)12-24-18(16)26-9-7-25(8-10-26)17(28)6-3-13-1-4-15(5-2-13)27(29)30/h1-6,11-12H,7-10H2/b6-3+. The SMILES string of the molecule is O=C(/C=C/c1ccc([N+](=O)[O-])cc1)N1CCN(c2ncc(C(F)(F)F)cc2Cl)CC1. The molecule has 1 saturated heterocycles. The summed E-state index contributed by atoms with van der Waals surface area (Å²) < 4.78 is 38.2. The van der Waals surface area contributed by atoms with E-state index >= 15 is 0 Å². The van der Waals surface area contributed by atoms with Gasteiger partial charge in [0, 0.05) is 50.6 Å². The zero-order valence-electron chi connectivity index (χ0n) is 15.5. The molecule has 1 aromatic carbocycles. The van der Waals surface area contributed by atoms with Gasteiger partial charge >= 0.3 is 6.18 Å². The molecule has 2 heterocycles. The molecule has 0 saturated carbocycles. The van der Waals surface area contributed by atoms with E-state index in [1.807, 2.05) is 0 Å². The molecule has 0 bridgehead atoms. The van der Waals surface area contributed by atoms with E-state index in [1.165, 1.54) is 30.3 Å². The van der Waals surface area contributed by atoms with Gasteiger partial charge in [0.05, 0.1) is 15.5 Å². The summed E-state index contributed by atoms with van der Waals surface area (Å²) in [5, 5.41) is 10.6. The van der Waals surface area contributed by atoms with Gasteiger partial charge in [-0.2, -0.15) is 13.2 Å². The minimum Gasteiger partial charge on any atom is -0.352 e. The van der Waals surface area contributed by atoms with Crippen molar-refractivity contribution in [3.63, 3.8) is 0 Å². The molecule has 30 heavy (non-hydrogen) atoms. The number of carbonyl (C=O) groups excluding carboxylic acids is 1. The first-order valence-electron chi connectivity index (χ1n) is 8.84. The van der Waals surface area contributed by atoms with Crippen LogP contribution in [0.15, 0.2) is 42.6 Å². The molecule has 7 nitrogen and oxygen atoms in total. The summed E-state index contributed by atoms with van der Waals surface area (Å²) in [5.41, 5.74) is -0.306. The minimum absolute atomic E-state index is 0.0369. The van der Waals surface area contributed by atoms with E-state index in [2.05, 4.69) is 4.98 Å². The molecule has 1 amide bonds. The van der Waals surface area contributed by atoms with Crippen LogP contribution in [0.4, 0.5) is 24.7 Å². The first-order chi connectivity index (χ1) is 14.1. The van der Waals surface area contributed by atoms with Crippen LogP contribution in [0, 0.1) is 10.1 Å². The minimum atomic E-state index is -4.52. The number of non-ortho nitro benzene ring substituents is 1. The maximum atomic E-state index is 12.7. The number of halogens is 4. The van der Waals surface area contributed by atoms with Crippen LogP contribution in [0.3, 0.4) is 0 Å². The lowest BCUT2D eigenvalue weighted by Crippen LogP contribution is -2.48. The molecule has 0 N–H and O–H groups in total. The number of benzene rings is 1. The molecule has 1 aliphatic rings. The lowest BCUT2D eigenvalue weighted by molar-refractivity contribution is -0.384. The Labute approximate surface area is 174 Å². The van der Waals surface area contributed by atoms with Crippen LogP contribution in [0.25, 0.3) is 6.08 Å². The number of rotatable bonds is 4. The number of piperazine rings is 1. The van der Waals surface area contributed by atoms with Gasteiger partial charge in [0.1, 0.15) is 5.82 Å². The Morgan fingerprint density at radius 2 is 1.80 bits per heavy atom. The molecule has 3 rings (SSSR count). The van der Waals surface area contributed by atoms with Crippen molar-refractivity contribution in [1.82, 2.24) is 9.88 Å². The largest absolute Gasteiger partial charge is 0.417 e. The van der Waals surface area contributed by atoms with Gasteiger partial charge in [-0.3, -0.25) is 14.9 Å². The number of amides is 1. The van der Waals surface area contributed by atoms with Gasteiger partial charge in [-0.1, -0.05) is 11.6 Å². The maximum absolute atomic E-state index is 12.7. The van der Waals surface area contributed by atoms with Crippen molar-refractivity contribution in [2.24, 2.45) is 0 Å². The third-order valence-electron chi connectivity index (χ3n) is 4.56. The van der Waals surface area contributed by atoms with Crippen LogP contribution in [0.2, 0.25) is 5.02 Å². The van der Waals surface area contributed by atoms with Gasteiger partial charge < -0.3 is 9.80 Å². The fourth-order valence-corrected chi connectivity index (χ4v) is 3.22. The summed E-state index contributed by atoms with van der Waals surface area (Å²) in [5.74, 6) is 0.0117. The van der Waals surface area contributed by atoms with Crippen molar-refractivity contribution in [2.75, 3.05) is 31.1 Å². The molecule has 11 heteroatoms. The van der Waals surface area contributed by atoms with Crippen LogP contribution >= 0.6 is 11.6 Å². The fourth-order valence-electron chi connectivity index (χ4n) is 2.94. The van der Waals surface area contributed by atoms with E-state index < -0.39 is 16.7 Å². The maximum Gasteiger partial charge on any atom is 0.417 e. The van der Waals surface area contributed by atoms with E-state index in [0.717, 1.165) is 12.3 Å². The monoisotopic (exact) mass is 440 g/mol. The summed E-state index contributed by atoms with van der Waals surface area (Å²) >= 11 is 5.98. The summed E-state index contributed by atoms with van der Waals surface area (Å²) in [7, 11) is 0. The van der Waals surface area contributed by atoms with E-state index in [4.69, 9.17) is 11.6 Å². The van der Waals surface area contributed by atoms with Crippen molar-refractivity contribution in [3.05, 3.63) is 68.9 Å². The number of hydrogen-bond acceptors (Lipinski definition) is 5. The van der Waals surface area contributed by atoms with Crippen molar-refractivity contribution >= 4 is 35.1 Å². The van der Waals surface area contributed by atoms with Crippen molar-refractivity contribution in [1.29, 1.82) is 0 Å². The number of nitro benzene ring substituents is 1. The zero-order valence-corrected chi connectivity index (χ0v) is 16.2. The number of carbonyl (C=O) groups is 1. The number of nitrogens with zero attached hydrogens (tertiary/aromatic N) is 4. The van der Waals surface area contributed by atoms with E-state index in [0.29, 0.717) is 31.7 Å². The normalized spacial score (nSPS) is 14.9. The number of aromatic nitrogens is 1. The molecular formula is C19H16ClF3N4O3. The van der Waals surface area contributed by atoms with Crippen molar-refractivity contribution in [3.8, 4) is 0 Å². The quantitative estimate of drug-likeness (QED) is 0.407. The molecule has 1 fully saturated rings. The fraction of sp³-hybridized carbons (Fsp3) is 0.263. The lowest BCUT2D eigenvalue weighted by Gasteiger charge is -2.35. The molecule has 1 aromatic heterocycles. The second kappa shape index (κ2) is 8.70. The van der Waals surface area contributed by atoms with Crippen LogP contribution in [0.1, 0.15) is 11.1 Å². The third-order valence-corrected chi connectivity index (χ3v) is 4.84. The van der Waals surface area contributed by atoms with Crippen molar-refractivity contribution in [2.45, 2.75) is 6.18 Å². The van der Waals surface area contributed by atoms with Gasteiger partial charge in [0.2, 0.25) is 5.91 Å². The van der Waals surface area contributed by atoms with Crippen LogP contribution in [0.5, 0.6) is 0 Å². The van der Waals surface area contributed by atoms with Gasteiger partial charge in [0.15, 0.2) is 0 Å². The average molecular weight is 441 g/mol. The summed E-state index contributed by atoms with van der Waals surface area (Å²) in [6.45, 7) is 1.44. The first kappa shape index (κ1) is 21.6. The van der Waals surface area contributed by atoms with Gasteiger partial charge in [0.25, 0.3) is 5.69 Å². The van der Waals surface area contributed by atoms with E-state index in [1.54, 1.807) is 15.9 Å². The Morgan fingerprint density at radius 3 is 2.33 bits per heavy atom.